The van der Waals surface area contributed by atoms with Crippen LogP contribution in [0, 0.1) is 0 Å². The number of carbonyl (C=O) groups excluding carboxylic acids is 5. The molecule has 12 nitrogen and oxygen atoms in total. The van der Waals surface area contributed by atoms with Gasteiger partial charge in [0.25, 0.3) is 11.8 Å². The molecule has 360 valence electrons. The van der Waals surface area contributed by atoms with Gasteiger partial charge in [-0.3, -0.25) is 24.2 Å². The summed E-state index contributed by atoms with van der Waals surface area (Å²) >= 11 is 0. The molecule has 0 N–H and O–H groups in total. The highest BCUT2D eigenvalue weighted by molar-refractivity contribution is 6.13. The molecule has 1 aliphatic rings. The van der Waals surface area contributed by atoms with E-state index in [0.717, 1.165) is 108 Å². The molecule has 0 aromatic rings. The Morgan fingerprint density at radius 3 is 1.26 bits per heavy atom. The molecule has 12 heteroatoms. The van der Waals surface area contributed by atoms with Gasteiger partial charge in [-0.25, -0.2) is 9.59 Å². The van der Waals surface area contributed by atoms with E-state index in [1.54, 1.807) is 0 Å². The van der Waals surface area contributed by atoms with E-state index in [1.807, 2.05) is 4.90 Å². The van der Waals surface area contributed by atoms with Gasteiger partial charge in [-0.05, 0) is 64.5 Å². The molecule has 0 atom stereocenters. The van der Waals surface area contributed by atoms with Crippen LogP contribution in [0.1, 0.15) is 213 Å². The molecule has 0 aromatic carbocycles. The molecule has 0 spiro atoms. The van der Waals surface area contributed by atoms with Crippen LogP contribution in [0.5, 0.6) is 0 Å². The molecule has 62 heavy (non-hydrogen) atoms. The second-order valence-electron chi connectivity index (χ2n) is 17.2. The second kappa shape index (κ2) is 41.8. The van der Waals surface area contributed by atoms with Crippen molar-refractivity contribution in [3.63, 3.8) is 0 Å². The number of nitrogens with zero attached hydrogens (tertiary/aromatic N) is 3. The summed E-state index contributed by atoms with van der Waals surface area (Å²) in [5.41, 5.74) is 0. The van der Waals surface area contributed by atoms with Gasteiger partial charge in [0.2, 0.25) is 0 Å². The minimum absolute atomic E-state index is 0.0118. The van der Waals surface area contributed by atoms with E-state index in [4.69, 9.17) is 18.9 Å². The van der Waals surface area contributed by atoms with Crippen molar-refractivity contribution in [1.82, 2.24) is 14.7 Å². The molecule has 0 saturated carbocycles. The van der Waals surface area contributed by atoms with Gasteiger partial charge in [-0.15, -0.1) is 0 Å². The van der Waals surface area contributed by atoms with E-state index in [2.05, 4.69) is 25.7 Å². The number of rotatable bonds is 44. The van der Waals surface area contributed by atoms with Gasteiger partial charge < -0.3 is 23.8 Å². The molecule has 0 unspecified atom stereocenters. The summed E-state index contributed by atoms with van der Waals surface area (Å²) in [5, 5.41) is 0. The van der Waals surface area contributed by atoms with Crippen LogP contribution < -0.4 is 0 Å². The standard InChI is InChI=1S/C50H91N3O9/c1-4-7-10-13-16-17-18-23-31-43-61-50(58)62-44-32-25-27-37-51(41-45-59-48(56)35-40-53-46(54)33-34-47(53)55)36-26-20-19-24-30-42-60-49(57)52(38-28-21-14-11-8-5-2)39-29-22-15-12-9-6-3/h33-34H,4-32,35-45H2,1-3H3. The number of carbonyl (C=O) groups is 5. The van der Waals surface area contributed by atoms with Crippen molar-refractivity contribution in [1.29, 1.82) is 0 Å². The number of imide groups is 1. The Morgan fingerprint density at radius 2 is 0.806 bits per heavy atom. The Hall–Kier alpha value is -3.15. The highest BCUT2D eigenvalue weighted by Gasteiger charge is 2.24. The van der Waals surface area contributed by atoms with Crippen LogP contribution in [0.25, 0.3) is 0 Å². The molecule has 0 fully saturated rings. The molecule has 3 amide bonds. The molecule has 1 rings (SSSR count). The van der Waals surface area contributed by atoms with Gasteiger partial charge in [-0.2, -0.15) is 0 Å². The van der Waals surface area contributed by atoms with Crippen LogP contribution in [0.2, 0.25) is 0 Å². The SMILES string of the molecule is CCCCCCCCCCCOC(=O)OCCCCCN(CCCCCCCOC(=O)N(CCCCCCCC)CCCCCCCC)CCOC(=O)CCN1C(=O)C=CC1=O. The topological polar surface area (TPSA) is 132 Å². The lowest BCUT2D eigenvalue weighted by molar-refractivity contribution is -0.145. The van der Waals surface area contributed by atoms with Crippen molar-refractivity contribution in [2.24, 2.45) is 0 Å². The zero-order valence-corrected chi connectivity index (χ0v) is 40.0. The monoisotopic (exact) mass is 878 g/mol. The van der Waals surface area contributed by atoms with Gasteiger partial charge in [0, 0.05) is 38.3 Å². The second-order valence-corrected chi connectivity index (χ2v) is 17.2. The largest absolute Gasteiger partial charge is 0.508 e. The van der Waals surface area contributed by atoms with Crippen molar-refractivity contribution in [2.45, 2.75) is 213 Å². The van der Waals surface area contributed by atoms with Crippen LogP contribution in [0.15, 0.2) is 12.2 Å². The van der Waals surface area contributed by atoms with Gasteiger partial charge in [0.05, 0.1) is 26.2 Å². The molecule has 0 radical (unpaired) electrons. The smallest absolute Gasteiger partial charge is 0.464 e. The molecule has 1 heterocycles. The van der Waals surface area contributed by atoms with E-state index in [-0.39, 0.29) is 25.7 Å². The maximum atomic E-state index is 13.0. The number of hydrogen-bond acceptors (Lipinski definition) is 10. The molecule has 1 aliphatic heterocycles. The maximum absolute atomic E-state index is 13.0. The minimum Gasteiger partial charge on any atom is -0.464 e. The highest BCUT2D eigenvalue weighted by atomic mass is 16.7. The molecule has 0 aromatic heterocycles. The number of esters is 1. The molecule has 0 bridgehead atoms. The number of amides is 3. The quantitative estimate of drug-likeness (QED) is 0.0252. The Bertz CT molecular complexity index is 1130. The molecule has 0 saturated heterocycles. The van der Waals surface area contributed by atoms with Crippen LogP contribution in [0.3, 0.4) is 0 Å². The van der Waals surface area contributed by atoms with Crippen LogP contribution in [-0.4, -0.2) is 110 Å². The first-order valence-corrected chi connectivity index (χ1v) is 25.4. The fraction of sp³-hybridized carbons (Fsp3) is 0.860. The summed E-state index contributed by atoms with van der Waals surface area (Å²) in [4.78, 5) is 66.3. The van der Waals surface area contributed by atoms with Crippen molar-refractivity contribution < 1.29 is 42.9 Å². The van der Waals surface area contributed by atoms with Gasteiger partial charge >= 0.3 is 18.2 Å². The summed E-state index contributed by atoms with van der Waals surface area (Å²) in [6, 6.07) is 0. The van der Waals surface area contributed by atoms with Crippen molar-refractivity contribution in [2.75, 3.05) is 65.7 Å². The summed E-state index contributed by atoms with van der Waals surface area (Å²) in [7, 11) is 0. The lowest BCUT2D eigenvalue weighted by Gasteiger charge is -2.22. The predicted molar refractivity (Wildman–Crippen MR) is 249 cm³/mol. The van der Waals surface area contributed by atoms with Gasteiger partial charge in [-0.1, -0.05) is 156 Å². The third-order valence-corrected chi connectivity index (χ3v) is 11.6. The first-order valence-electron chi connectivity index (χ1n) is 25.4. The Balaban J connectivity index is 2.37. The summed E-state index contributed by atoms with van der Waals surface area (Å²) in [5.74, 6) is -1.25. The van der Waals surface area contributed by atoms with E-state index in [9.17, 15) is 24.0 Å². The lowest BCUT2D eigenvalue weighted by atomic mass is 10.1. The van der Waals surface area contributed by atoms with Gasteiger partial charge in [0.15, 0.2) is 0 Å². The first kappa shape index (κ1) is 56.9. The summed E-state index contributed by atoms with van der Waals surface area (Å²) < 4.78 is 21.8. The summed E-state index contributed by atoms with van der Waals surface area (Å²) in [6.45, 7) is 12.0. The normalized spacial score (nSPS) is 12.4. The third-order valence-electron chi connectivity index (χ3n) is 11.6. The van der Waals surface area contributed by atoms with Crippen molar-refractivity contribution in [3.8, 4) is 0 Å². The number of ether oxygens (including phenoxy) is 4. The van der Waals surface area contributed by atoms with E-state index in [0.29, 0.717) is 26.4 Å². The average molecular weight is 878 g/mol. The predicted octanol–water partition coefficient (Wildman–Crippen LogP) is 12.1. The number of hydrogen-bond donors (Lipinski definition) is 0. The van der Waals surface area contributed by atoms with Crippen LogP contribution in [0.4, 0.5) is 9.59 Å². The molecule has 0 aliphatic carbocycles. The fourth-order valence-electron chi connectivity index (χ4n) is 7.61. The molecular weight excluding hydrogens is 787 g/mol. The van der Waals surface area contributed by atoms with Crippen LogP contribution in [-0.2, 0) is 33.3 Å². The van der Waals surface area contributed by atoms with E-state index < -0.39 is 23.9 Å². The Labute approximate surface area is 377 Å². The average Bonchev–Trinajstić information content (AvgIpc) is 3.59. The lowest BCUT2D eigenvalue weighted by Crippen LogP contribution is -2.33. The fourth-order valence-corrected chi connectivity index (χ4v) is 7.61. The van der Waals surface area contributed by atoms with E-state index >= 15 is 0 Å². The maximum Gasteiger partial charge on any atom is 0.508 e. The highest BCUT2D eigenvalue weighted by Crippen LogP contribution is 2.13. The summed E-state index contributed by atoms with van der Waals surface area (Å²) in [6.07, 6.45) is 34.5. The Kier molecular flexibility index (Phi) is 38.4. The molecular formula is C50H91N3O9. The number of unbranched alkanes of at least 4 members (excludes halogenated alkanes) is 24. The van der Waals surface area contributed by atoms with Crippen LogP contribution >= 0.6 is 0 Å². The minimum atomic E-state index is -0.588. The zero-order chi connectivity index (χ0) is 45.1. The van der Waals surface area contributed by atoms with Crippen molar-refractivity contribution >= 4 is 30.0 Å². The first-order chi connectivity index (χ1) is 30.3. The Morgan fingerprint density at radius 1 is 0.435 bits per heavy atom. The van der Waals surface area contributed by atoms with E-state index in [1.165, 1.54) is 121 Å². The van der Waals surface area contributed by atoms with Crippen molar-refractivity contribution in [3.05, 3.63) is 12.2 Å². The third kappa shape index (κ3) is 33.4. The van der Waals surface area contributed by atoms with Gasteiger partial charge in [0.1, 0.15) is 6.61 Å². The zero-order valence-electron chi connectivity index (χ0n) is 40.0.